The Balaban J connectivity index is 1.96. The highest BCUT2D eigenvalue weighted by atomic mass is 16.8. The summed E-state index contributed by atoms with van der Waals surface area (Å²) in [6.07, 6.45) is -2.55. The van der Waals surface area contributed by atoms with Gasteiger partial charge in [0, 0.05) is 6.42 Å². The molecule has 120 valence electrons. The largest absolute Gasteiger partial charge is 0.509 e. The molecule has 4 atom stereocenters. The second-order valence-electron chi connectivity index (χ2n) is 6.04. The van der Waals surface area contributed by atoms with Crippen LogP contribution in [0.1, 0.15) is 27.2 Å². The number of hydrogen-bond donors (Lipinski definition) is 2. The average molecular weight is 303 g/mol. The third kappa shape index (κ3) is 3.98. The summed E-state index contributed by atoms with van der Waals surface area (Å²) in [5.41, 5.74) is -0.613. The van der Waals surface area contributed by atoms with Crippen molar-refractivity contribution in [2.45, 2.75) is 57.1 Å². The van der Waals surface area contributed by atoms with Gasteiger partial charge in [0.2, 0.25) is 0 Å². The predicted molar refractivity (Wildman–Crippen MR) is 69.7 cm³/mol. The fourth-order valence-corrected chi connectivity index (χ4v) is 2.47. The molecule has 2 fully saturated rings. The van der Waals surface area contributed by atoms with Crippen LogP contribution in [0.4, 0.5) is 9.59 Å². The van der Waals surface area contributed by atoms with Crippen LogP contribution in [0.2, 0.25) is 0 Å². The highest BCUT2D eigenvalue weighted by molar-refractivity contribution is 5.69. The number of hydrogen-bond acceptors (Lipinski definition) is 7. The minimum atomic E-state index is -0.779. The third-order valence-corrected chi connectivity index (χ3v) is 3.16. The van der Waals surface area contributed by atoms with Gasteiger partial charge in [-0.3, -0.25) is 0 Å². The maximum absolute atomic E-state index is 11.8. The first kappa shape index (κ1) is 15.8. The van der Waals surface area contributed by atoms with Gasteiger partial charge in [-0.2, -0.15) is 0 Å². The highest BCUT2D eigenvalue weighted by Gasteiger charge is 2.54. The second kappa shape index (κ2) is 6.07. The average Bonchev–Trinajstić information content (AvgIpc) is 2.84. The lowest BCUT2D eigenvalue weighted by molar-refractivity contribution is -0.0274. The first-order valence-electron chi connectivity index (χ1n) is 6.89. The summed E-state index contributed by atoms with van der Waals surface area (Å²) in [4.78, 5) is 23.1. The maximum Gasteiger partial charge on any atom is 0.509 e. The number of aliphatic hydroxyl groups excluding tert-OH is 1. The zero-order chi connectivity index (χ0) is 15.6. The van der Waals surface area contributed by atoms with E-state index < -0.39 is 42.2 Å². The van der Waals surface area contributed by atoms with Crippen molar-refractivity contribution < 1.29 is 33.6 Å². The second-order valence-corrected chi connectivity index (χ2v) is 6.04. The third-order valence-electron chi connectivity index (χ3n) is 3.16. The van der Waals surface area contributed by atoms with Gasteiger partial charge in [-0.1, -0.05) is 0 Å². The van der Waals surface area contributed by atoms with Crippen LogP contribution < -0.4 is 5.32 Å². The van der Waals surface area contributed by atoms with E-state index in [1.807, 2.05) is 0 Å². The first-order valence-corrected chi connectivity index (χ1v) is 6.89. The van der Waals surface area contributed by atoms with Gasteiger partial charge in [0.05, 0.1) is 19.3 Å². The number of aliphatic hydroxyl groups is 1. The van der Waals surface area contributed by atoms with Gasteiger partial charge in [0.1, 0.15) is 11.7 Å². The Morgan fingerprint density at radius 3 is 2.67 bits per heavy atom. The van der Waals surface area contributed by atoms with Crippen molar-refractivity contribution in [2.75, 3.05) is 13.2 Å². The zero-order valence-corrected chi connectivity index (χ0v) is 12.3. The van der Waals surface area contributed by atoms with E-state index in [-0.39, 0.29) is 13.2 Å². The Kier molecular flexibility index (Phi) is 4.58. The molecule has 2 rings (SSSR count). The van der Waals surface area contributed by atoms with Crippen molar-refractivity contribution in [2.24, 2.45) is 0 Å². The number of alkyl carbamates (subject to hydrolysis) is 1. The molecule has 1 saturated heterocycles. The smallest absolute Gasteiger partial charge is 0.444 e. The van der Waals surface area contributed by atoms with Gasteiger partial charge in [-0.25, -0.2) is 9.59 Å². The maximum atomic E-state index is 11.8. The van der Waals surface area contributed by atoms with Crippen molar-refractivity contribution in [1.82, 2.24) is 5.32 Å². The monoisotopic (exact) mass is 303 g/mol. The van der Waals surface area contributed by atoms with Crippen molar-refractivity contribution in [3.05, 3.63) is 0 Å². The fraction of sp³-hybridized carbons (Fsp3) is 0.846. The molecule has 2 aliphatic rings. The van der Waals surface area contributed by atoms with Crippen molar-refractivity contribution >= 4 is 12.2 Å². The number of rotatable bonds is 4. The molecule has 0 radical (unpaired) electrons. The quantitative estimate of drug-likeness (QED) is 0.731. The molecular formula is C13H21NO7. The van der Waals surface area contributed by atoms with Crippen LogP contribution in [0.5, 0.6) is 0 Å². The number of nitrogens with one attached hydrogen (secondary N) is 1. The van der Waals surface area contributed by atoms with Crippen LogP contribution in [0.3, 0.4) is 0 Å². The Labute approximate surface area is 122 Å². The molecule has 0 unspecified atom stereocenters. The SMILES string of the molecule is CC(C)(C)OC(=O)N[C@@H]1C[C@H](OCCO)[C@H]2OC(=O)O[C@H]21. The summed E-state index contributed by atoms with van der Waals surface area (Å²) in [6.45, 7) is 5.28. The molecule has 0 aromatic rings. The molecule has 1 heterocycles. The van der Waals surface area contributed by atoms with Crippen molar-refractivity contribution in [1.29, 1.82) is 0 Å². The number of amides is 1. The van der Waals surface area contributed by atoms with E-state index in [4.69, 9.17) is 24.1 Å². The van der Waals surface area contributed by atoms with Crippen LogP contribution >= 0.6 is 0 Å². The molecule has 0 aromatic heterocycles. The Bertz CT molecular complexity index is 406. The van der Waals surface area contributed by atoms with E-state index >= 15 is 0 Å². The summed E-state index contributed by atoms with van der Waals surface area (Å²) < 4.78 is 20.7. The van der Waals surface area contributed by atoms with Crippen LogP contribution in [-0.4, -0.2) is 60.5 Å². The molecule has 8 nitrogen and oxygen atoms in total. The van der Waals surface area contributed by atoms with Crippen LogP contribution in [0, 0.1) is 0 Å². The van der Waals surface area contributed by atoms with E-state index in [9.17, 15) is 9.59 Å². The summed E-state index contributed by atoms with van der Waals surface area (Å²) in [7, 11) is 0. The number of carbonyl (C=O) groups excluding carboxylic acids is 2. The summed E-state index contributed by atoms with van der Waals surface area (Å²) in [5.74, 6) is 0. The molecule has 0 bridgehead atoms. The molecule has 0 spiro atoms. The molecule has 0 aromatic carbocycles. The summed E-state index contributed by atoms with van der Waals surface area (Å²) in [6, 6.07) is -0.444. The first-order chi connectivity index (χ1) is 9.80. The molecular weight excluding hydrogens is 282 g/mol. The van der Waals surface area contributed by atoms with Gasteiger partial charge in [-0.15, -0.1) is 0 Å². The molecule has 2 N–H and O–H groups in total. The molecule has 1 aliphatic heterocycles. The fourth-order valence-electron chi connectivity index (χ4n) is 2.47. The number of fused-ring (bicyclic) bond motifs is 1. The minimum absolute atomic E-state index is 0.130. The van der Waals surface area contributed by atoms with E-state index in [1.54, 1.807) is 20.8 Å². The standard InChI is InChI=1S/C13H21NO7/c1-13(2,3)21-11(16)14-7-6-8(18-5-4-15)10-9(7)19-12(17)20-10/h7-10,15H,4-6H2,1-3H3,(H,14,16)/t7-,8+,9+,10-/m1/s1. The summed E-state index contributed by atoms with van der Waals surface area (Å²) >= 11 is 0. The predicted octanol–water partition coefficient (Wildman–Crippen LogP) is 0.565. The molecule has 1 aliphatic carbocycles. The van der Waals surface area contributed by atoms with Crippen LogP contribution in [-0.2, 0) is 18.9 Å². The lowest BCUT2D eigenvalue weighted by atomic mass is 10.2. The van der Waals surface area contributed by atoms with Gasteiger partial charge in [-0.05, 0) is 20.8 Å². The number of carbonyl (C=O) groups is 2. The van der Waals surface area contributed by atoms with Gasteiger partial charge in [0.25, 0.3) is 0 Å². The summed E-state index contributed by atoms with van der Waals surface area (Å²) in [5, 5.41) is 11.5. The molecule has 1 amide bonds. The molecule has 21 heavy (non-hydrogen) atoms. The Morgan fingerprint density at radius 2 is 2.05 bits per heavy atom. The van der Waals surface area contributed by atoms with Crippen molar-refractivity contribution in [3.63, 3.8) is 0 Å². The van der Waals surface area contributed by atoms with E-state index in [1.165, 1.54) is 0 Å². The van der Waals surface area contributed by atoms with Crippen LogP contribution in [0.15, 0.2) is 0 Å². The van der Waals surface area contributed by atoms with E-state index in [0.717, 1.165) is 0 Å². The topological polar surface area (TPSA) is 103 Å². The van der Waals surface area contributed by atoms with Gasteiger partial charge in [0.15, 0.2) is 12.2 Å². The normalized spacial score (nSPS) is 31.3. The van der Waals surface area contributed by atoms with Gasteiger partial charge >= 0.3 is 12.2 Å². The molecule has 1 saturated carbocycles. The zero-order valence-electron chi connectivity index (χ0n) is 12.3. The highest BCUT2D eigenvalue weighted by Crippen LogP contribution is 2.33. The molecule has 8 heteroatoms. The Hall–Kier alpha value is -1.54. The minimum Gasteiger partial charge on any atom is -0.444 e. The van der Waals surface area contributed by atoms with Gasteiger partial charge < -0.3 is 29.4 Å². The number of ether oxygens (including phenoxy) is 4. The lowest BCUT2D eigenvalue weighted by Crippen LogP contribution is -2.44. The van der Waals surface area contributed by atoms with Crippen molar-refractivity contribution in [3.8, 4) is 0 Å². The van der Waals surface area contributed by atoms with Crippen LogP contribution in [0.25, 0.3) is 0 Å². The van der Waals surface area contributed by atoms with E-state index in [2.05, 4.69) is 5.32 Å². The van der Waals surface area contributed by atoms with E-state index in [0.29, 0.717) is 6.42 Å². The Morgan fingerprint density at radius 1 is 1.38 bits per heavy atom. The lowest BCUT2D eigenvalue weighted by Gasteiger charge is -2.23.